The summed E-state index contributed by atoms with van der Waals surface area (Å²) in [5, 5.41) is 9.76. The molecule has 0 aliphatic heterocycles. The number of nitrogens with zero attached hydrogens (tertiary/aromatic N) is 1. The van der Waals surface area contributed by atoms with Crippen LogP contribution in [0, 0.1) is 62.1 Å². The largest absolute Gasteiger partial charge is 0.307 e. The zero-order valence-electron chi connectivity index (χ0n) is 22.0. The molecule has 188 valence electrons. The van der Waals surface area contributed by atoms with Gasteiger partial charge in [0.25, 0.3) is 0 Å². The van der Waals surface area contributed by atoms with Crippen LogP contribution in [0.1, 0.15) is 86.5 Å². The van der Waals surface area contributed by atoms with Crippen molar-refractivity contribution in [3.8, 4) is 6.07 Å². The quantitative estimate of drug-likeness (QED) is 0.413. The first kappa shape index (κ1) is 24.6. The third-order valence-corrected chi connectivity index (χ3v) is 11.5. The van der Waals surface area contributed by atoms with E-state index in [0.29, 0.717) is 25.7 Å². The standard InChI is InChI=1S/C30H38FNO3/c1-26(2)11-12-30(25(31)35)10-7-18-23(19(30)15-26)20(33)13-22-28(18,5)9-8-21-27(3,4)24(34)17(16-32)14-29(21,22)6/h13-14,18-19,21,23H,7-12,15H2,1-6H3. The summed E-state index contributed by atoms with van der Waals surface area (Å²) >= 11 is 0. The molecule has 5 aliphatic carbocycles. The minimum Gasteiger partial charge on any atom is -0.295 e. The summed E-state index contributed by atoms with van der Waals surface area (Å²) < 4.78 is 14.7. The summed E-state index contributed by atoms with van der Waals surface area (Å²) in [5.74, 6) is -0.677. The fraction of sp³-hybridized carbons (Fsp3) is 0.733. The molecule has 4 nitrogen and oxygen atoms in total. The molecule has 0 aromatic heterocycles. The molecule has 0 aromatic rings. The van der Waals surface area contributed by atoms with Crippen LogP contribution in [0.2, 0.25) is 0 Å². The molecule has 5 rings (SSSR count). The normalized spacial score (nSPS) is 45.5. The smallest absolute Gasteiger partial charge is 0.295 e. The predicted molar refractivity (Wildman–Crippen MR) is 130 cm³/mol. The molecule has 0 aromatic carbocycles. The first-order valence-corrected chi connectivity index (χ1v) is 13.3. The Hall–Kier alpha value is -2.09. The van der Waals surface area contributed by atoms with E-state index in [4.69, 9.17) is 0 Å². The second-order valence-electron chi connectivity index (χ2n) is 14.0. The lowest BCUT2D eigenvalue weighted by Crippen LogP contribution is -2.61. The highest BCUT2D eigenvalue weighted by Gasteiger charge is 2.67. The second-order valence-corrected chi connectivity index (χ2v) is 14.0. The maximum atomic E-state index is 14.7. The van der Waals surface area contributed by atoms with Crippen LogP contribution in [0.25, 0.3) is 0 Å². The molecule has 0 N–H and O–H groups in total. The lowest BCUT2D eigenvalue weighted by atomic mass is 9.38. The van der Waals surface area contributed by atoms with Crippen LogP contribution in [0.5, 0.6) is 0 Å². The van der Waals surface area contributed by atoms with Gasteiger partial charge >= 0.3 is 6.04 Å². The van der Waals surface area contributed by atoms with Gasteiger partial charge in [-0.15, -0.1) is 0 Å². The first-order valence-electron chi connectivity index (χ1n) is 13.3. The molecule has 0 spiro atoms. The Balaban J connectivity index is 1.66. The van der Waals surface area contributed by atoms with Crippen molar-refractivity contribution in [1.29, 1.82) is 5.26 Å². The fourth-order valence-electron chi connectivity index (χ4n) is 9.62. The molecule has 0 saturated heterocycles. The van der Waals surface area contributed by atoms with Gasteiger partial charge in [-0.05, 0) is 79.6 Å². The van der Waals surface area contributed by atoms with Gasteiger partial charge in [0.05, 0.1) is 11.0 Å². The van der Waals surface area contributed by atoms with Gasteiger partial charge in [-0.25, -0.2) is 0 Å². The molecule has 7 unspecified atom stereocenters. The van der Waals surface area contributed by atoms with Gasteiger partial charge in [0.1, 0.15) is 6.07 Å². The molecule has 7 atom stereocenters. The number of allylic oxidation sites excluding steroid dienone is 4. The number of hydrogen-bond acceptors (Lipinski definition) is 4. The maximum Gasteiger partial charge on any atom is 0.307 e. The lowest BCUT2D eigenvalue weighted by Gasteiger charge is -2.64. The Kier molecular flexibility index (Phi) is 5.09. The topological polar surface area (TPSA) is 75.0 Å². The number of nitriles is 1. The van der Waals surface area contributed by atoms with E-state index in [9.17, 15) is 24.0 Å². The summed E-state index contributed by atoms with van der Waals surface area (Å²) in [6.45, 7) is 12.5. The number of ketones is 2. The van der Waals surface area contributed by atoms with Crippen molar-refractivity contribution < 1.29 is 18.8 Å². The Labute approximate surface area is 208 Å². The molecule has 0 amide bonds. The Morgan fingerprint density at radius 2 is 1.69 bits per heavy atom. The molecule has 35 heavy (non-hydrogen) atoms. The van der Waals surface area contributed by atoms with E-state index in [1.807, 2.05) is 19.9 Å². The zero-order valence-corrected chi connectivity index (χ0v) is 22.0. The van der Waals surface area contributed by atoms with E-state index >= 15 is 0 Å². The molecule has 0 heterocycles. The molecule has 0 radical (unpaired) electrons. The van der Waals surface area contributed by atoms with Crippen LogP contribution in [0.15, 0.2) is 23.3 Å². The minimum absolute atomic E-state index is 0.00647. The van der Waals surface area contributed by atoms with Crippen LogP contribution in [-0.2, 0) is 14.4 Å². The maximum absolute atomic E-state index is 14.7. The Bertz CT molecular complexity index is 1140. The van der Waals surface area contributed by atoms with Gasteiger partial charge in [0.2, 0.25) is 0 Å². The molecule has 0 bridgehead atoms. The number of fused-ring (bicyclic) bond motifs is 7. The number of halogens is 1. The highest BCUT2D eigenvalue weighted by molar-refractivity contribution is 6.04. The Morgan fingerprint density at radius 3 is 2.31 bits per heavy atom. The molecule has 5 aliphatic rings. The monoisotopic (exact) mass is 479 g/mol. The number of hydrogen-bond donors (Lipinski definition) is 0. The number of carbonyl (C=O) groups excluding carboxylic acids is 3. The summed E-state index contributed by atoms with van der Waals surface area (Å²) in [5.41, 5.74) is -1.37. The van der Waals surface area contributed by atoms with Crippen molar-refractivity contribution in [2.45, 2.75) is 86.5 Å². The summed E-state index contributed by atoms with van der Waals surface area (Å²) in [4.78, 5) is 39.5. The van der Waals surface area contributed by atoms with Crippen LogP contribution < -0.4 is 0 Å². The van der Waals surface area contributed by atoms with Crippen molar-refractivity contribution in [2.75, 3.05) is 0 Å². The van der Waals surface area contributed by atoms with E-state index in [-0.39, 0.29) is 51.6 Å². The van der Waals surface area contributed by atoms with E-state index in [2.05, 4.69) is 33.8 Å². The van der Waals surface area contributed by atoms with E-state index < -0.39 is 22.3 Å². The zero-order chi connectivity index (χ0) is 25.8. The van der Waals surface area contributed by atoms with Crippen molar-refractivity contribution >= 4 is 17.6 Å². The van der Waals surface area contributed by atoms with Crippen molar-refractivity contribution in [2.24, 2.45) is 50.7 Å². The minimum atomic E-state index is -1.23. The predicted octanol–water partition coefficient (Wildman–Crippen LogP) is 6.31. The van der Waals surface area contributed by atoms with E-state index in [1.165, 1.54) is 0 Å². The number of rotatable bonds is 1. The van der Waals surface area contributed by atoms with Crippen molar-refractivity contribution in [3.05, 3.63) is 23.3 Å². The van der Waals surface area contributed by atoms with Gasteiger partial charge in [-0.1, -0.05) is 53.2 Å². The average molecular weight is 480 g/mol. The van der Waals surface area contributed by atoms with E-state index in [1.54, 1.807) is 6.08 Å². The molecule has 3 fully saturated rings. The summed E-state index contributed by atoms with van der Waals surface area (Å²) in [6.07, 6.45) is 8.50. The number of Topliss-reactive ketones (excluding diaryl/α,β-unsaturated/α-hetero) is 1. The van der Waals surface area contributed by atoms with E-state index in [0.717, 1.165) is 24.8 Å². The highest BCUT2D eigenvalue weighted by atomic mass is 19.1. The van der Waals surface area contributed by atoms with Gasteiger partial charge in [-0.3, -0.25) is 14.4 Å². The third kappa shape index (κ3) is 3.04. The SMILES string of the molecule is CC1(C)CCC2(C(=O)F)CCC3C(C(=O)C=C4C5(C)C=C(C#N)C(=O)C(C)(C)C5CCC43C)C2C1. The molecule has 3 saturated carbocycles. The summed E-state index contributed by atoms with van der Waals surface area (Å²) in [6, 6.07) is 0.899. The van der Waals surface area contributed by atoms with Crippen molar-refractivity contribution in [1.82, 2.24) is 0 Å². The summed E-state index contributed by atoms with van der Waals surface area (Å²) in [7, 11) is 0. The van der Waals surface area contributed by atoms with Gasteiger partial charge in [-0.2, -0.15) is 9.65 Å². The average Bonchev–Trinajstić information content (AvgIpc) is 2.76. The third-order valence-electron chi connectivity index (χ3n) is 11.5. The first-order chi connectivity index (χ1) is 16.1. The number of carbonyl (C=O) groups is 3. The Morgan fingerprint density at radius 1 is 1.00 bits per heavy atom. The van der Waals surface area contributed by atoms with Gasteiger partial charge in [0, 0.05) is 16.7 Å². The van der Waals surface area contributed by atoms with Crippen LogP contribution >= 0.6 is 0 Å². The molecule has 5 heteroatoms. The van der Waals surface area contributed by atoms with Crippen LogP contribution in [0.4, 0.5) is 4.39 Å². The van der Waals surface area contributed by atoms with Crippen molar-refractivity contribution in [3.63, 3.8) is 0 Å². The van der Waals surface area contributed by atoms with Gasteiger partial charge in [0.15, 0.2) is 11.6 Å². The van der Waals surface area contributed by atoms with Crippen LogP contribution in [-0.4, -0.2) is 17.6 Å². The fourth-order valence-corrected chi connectivity index (χ4v) is 9.62. The molecular weight excluding hydrogens is 441 g/mol. The van der Waals surface area contributed by atoms with Gasteiger partial charge < -0.3 is 0 Å². The molecular formula is C30H38FNO3. The lowest BCUT2D eigenvalue weighted by molar-refractivity contribution is -0.168. The van der Waals surface area contributed by atoms with Crippen LogP contribution in [0.3, 0.4) is 0 Å². The highest BCUT2D eigenvalue weighted by Crippen LogP contribution is 2.70. The second kappa shape index (κ2) is 7.24.